The highest BCUT2D eigenvalue weighted by Gasteiger charge is 2.61. The molecule has 7 aliphatic rings. The van der Waals surface area contributed by atoms with Gasteiger partial charge in [0.2, 0.25) is 23.6 Å². The summed E-state index contributed by atoms with van der Waals surface area (Å²) in [6, 6.07) is -6.61. The highest BCUT2D eigenvalue weighted by atomic mass is 16.8. The number of ether oxygens (including phenoxy) is 14. The third-order valence-electron chi connectivity index (χ3n) is 27.2. The average molecular weight is 2020 g/mol. The Morgan fingerprint density at radius 2 is 0.743 bits per heavy atom. The molecule has 0 aromatic carbocycles. The molecule has 7 heterocycles. The lowest BCUT2D eigenvalue weighted by Gasteiger charge is -2.50. The van der Waals surface area contributed by atoms with Gasteiger partial charge in [0.25, 0.3) is 5.79 Å². The second kappa shape index (κ2) is 64.8. The van der Waals surface area contributed by atoms with Crippen LogP contribution in [0.25, 0.3) is 0 Å². The molecule has 7 fully saturated rings. The van der Waals surface area contributed by atoms with E-state index in [1.807, 2.05) is 0 Å². The van der Waals surface area contributed by atoms with Gasteiger partial charge in [0.05, 0.1) is 77.1 Å². The molecule has 816 valence electrons. The van der Waals surface area contributed by atoms with Gasteiger partial charge >= 0.3 is 5.97 Å². The van der Waals surface area contributed by atoms with Crippen LogP contribution in [0.15, 0.2) is 12.2 Å². The maximum absolute atomic E-state index is 13.8. The molecular weight excluding hydrogens is 1850 g/mol. The lowest BCUT2D eigenvalue weighted by molar-refractivity contribution is -0.386. The average Bonchev–Trinajstić information content (AvgIpc) is 0.764. The molecule has 0 aliphatic carbocycles. The summed E-state index contributed by atoms with van der Waals surface area (Å²) in [4.78, 5) is 65.4. The first-order chi connectivity index (χ1) is 67.0. The molecule has 7 aliphatic heterocycles. The van der Waals surface area contributed by atoms with Crippen LogP contribution in [0.2, 0.25) is 0 Å². The lowest BCUT2D eigenvalue weighted by Crippen LogP contribution is -2.70. The van der Waals surface area contributed by atoms with Crippen LogP contribution in [0.1, 0.15) is 272 Å². The highest BCUT2D eigenvalue weighted by Crippen LogP contribution is 2.40. The number of hydrogen-bond donors (Lipinski definition) is 26. The largest absolute Gasteiger partial charge is 0.477 e. The summed E-state index contributed by atoms with van der Waals surface area (Å²) < 4.78 is 83.7. The molecule has 14 unspecified atom stereocenters. The Hall–Kier alpha value is -4.31. The fraction of sp³-hybridized carbons (Fsp3) is 0.926. The van der Waals surface area contributed by atoms with Crippen molar-refractivity contribution in [2.24, 2.45) is 0 Å². The predicted octanol–water partition coefficient (Wildman–Crippen LogP) is -2.13. The molecule has 140 heavy (non-hydrogen) atoms. The summed E-state index contributed by atoms with van der Waals surface area (Å²) in [7, 11) is 0. The Labute approximate surface area is 819 Å². The van der Waals surface area contributed by atoms with Gasteiger partial charge in [-0.05, 0) is 19.3 Å². The van der Waals surface area contributed by atoms with Crippen LogP contribution in [-0.2, 0) is 90.3 Å². The van der Waals surface area contributed by atoms with Gasteiger partial charge < -0.3 is 200 Å². The van der Waals surface area contributed by atoms with E-state index in [-0.39, 0.29) is 6.42 Å². The van der Waals surface area contributed by atoms with E-state index in [4.69, 9.17) is 66.3 Å². The van der Waals surface area contributed by atoms with Crippen LogP contribution in [0.3, 0.4) is 0 Å². The Morgan fingerprint density at radius 1 is 0.379 bits per heavy atom. The van der Waals surface area contributed by atoms with Crippen molar-refractivity contribution in [3.05, 3.63) is 12.2 Å². The van der Waals surface area contributed by atoms with Gasteiger partial charge in [0.15, 0.2) is 37.7 Å². The maximum atomic E-state index is 13.8. The number of hydrogen-bond acceptors (Lipinski definition) is 40. The first kappa shape index (κ1) is 123. The van der Waals surface area contributed by atoms with Crippen molar-refractivity contribution in [1.29, 1.82) is 0 Å². The Bertz CT molecular complexity index is 3450. The number of nitrogens with one attached hydrogen (secondary N) is 4. The van der Waals surface area contributed by atoms with Crippen LogP contribution in [0.5, 0.6) is 0 Å². The summed E-state index contributed by atoms with van der Waals surface area (Å²) in [5.74, 6) is -8.13. The predicted molar refractivity (Wildman–Crippen MR) is 492 cm³/mol. The maximum Gasteiger partial charge on any atom is 0.364 e. The van der Waals surface area contributed by atoms with E-state index in [1.165, 1.54) is 154 Å². The Kier molecular flexibility index (Phi) is 56.8. The highest BCUT2D eigenvalue weighted by molar-refractivity contribution is 5.77. The lowest BCUT2D eigenvalue weighted by atomic mass is 9.88. The van der Waals surface area contributed by atoms with Gasteiger partial charge in [0, 0.05) is 33.6 Å². The fourth-order valence-corrected chi connectivity index (χ4v) is 18.9. The Morgan fingerprint density at radius 3 is 1.18 bits per heavy atom. The number of allylic oxidation sites excluding steroid dienone is 1. The van der Waals surface area contributed by atoms with Crippen LogP contribution in [-0.4, -0.2) is 427 Å². The molecule has 7 rings (SSSR count). The van der Waals surface area contributed by atoms with Crippen molar-refractivity contribution in [2.75, 3.05) is 52.9 Å². The summed E-state index contributed by atoms with van der Waals surface area (Å²) in [5.41, 5.74) is 0. The smallest absolute Gasteiger partial charge is 0.364 e. The number of rotatable bonds is 67. The zero-order valence-electron chi connectivity index (χ0n) is 81.9. The summed E-state index contributed by atoms with van der Waals surface area (Å²) >= 11 is 0. The first-order valence-electron chi connectivity index (χ1n) is 51.1. The molecule has 0 radical (unpaired) electrons. The number of carbonyl (C=O) groups excluding carboxylic acids is 4. The van der Waals surface area contributed by atoms with E-state index in [0.717, 1.165) is 85.0 Å². The molecule has 0 aromatic heterocycles. The van der Waals surface area contributed by atoms with Crippen LogP contribution in [0.4, 0.5) is 0 Å². The van der Waals surface area contributed by atoms with Gasteiger partial charge in [0.1, 0.15) is 165 Å². The van der Waals surface area contributed by atoms with Crippen LogP contribution < -0.4 is 21.3 Å². The molecule has 45 nitrogen and oxygen atoms in total. The minimum Gasteiger partial charge on any atom is -0.477 e. The Balaban J connectivity index is 1.07. The zero-order chi connectivity index (χ0) is 103. The summed E-state index contributed by atoms with van der Waals surface area (Å²) in [6.45, 7) is -0.759. The van der Waals surface area contributed by atoms with E-state index >= 15 is 0 Å². The molecule has 26 N–H and O–H groups in total. The molecule has 0 aromatic rings. The number of carboxylic acids is 1. The number of carbonyl (C=O) groups is 5. The summed E-state index contributed by atoms with van der Waals surface area (Å²) in [5, 5.41) is 257. The van der Waals surface area contributed by atoms with Crippen molar-refractivity contribution in [2.45, 2.75) is 505 Å². The fourth-order valence-electron chi connectivity index (χ4n) is 18.9. The third-order valence-corrected chi connectivity index (χ3v) is 27.2. The SMILES string of the molecule is CCCCCCCCCCCCC/C=C/[C@@H](O)[C@H](CO[C@@H]1OC(CO)[C@@H](O[C@@H]2OC(CO[C@@H]3OC(CO)[C@@H](O[C@@H]4OC(CO)[C@H](O)[C@H](O)C4O)[C@H](O)C3NC(C)=O)[C@H](O)[C@H](O[C@@H]3OC(CO)[C@@H](O[C@@H]4OC(CO[C@]5(C(=O)O)CC(O)[C@@H](NC(C)=O)C([C@H](O)[C@H](O)CO)O5)[C@H](O)[C@H](O)C4O)[C@H](O)C3NC(C)=O)C2O)[C@H](O)C1O)NC(=O)CCCCCCCCCCCCCCCCCCCCCCCCC. The number of carboxylic acid groups (broad SMARTS) is 1. The number of aliphatic hydroxyl groups is 21. The number of aliphatic carboxylic acids is 1. The van der Waals surface area contributed by atoms with Gasteiger partial charge in [-0.15, -0.1) is 0 Å². The standard InChI is InChI=1S/C95H170N4O41/c1-6-8-10-12-14-16-18-20-21-22-23-24-25-26-27-28-29-31-33-35-37-39-41-43-66(111)99-56(57(108)42-40-38-36-34-32-30-19-17-15-13-11-9-7-2)50-127-90-81(123)78(120)85(63(49-104)133-90)138-93-82(124)87(73(115)64(134-93)51-128-88-68(97-54(4)106)74(116)83(61(47-102)131-88)136-91-79(121)76(118)71(113)60(46-101)130-91)139-89-69(98-55(5)107)75(117)84(62(48-103)132-89)137-92-80(122)77(119)72(114)65(135-92)52-129-95(94(125)126)44-58(109)67(96-53(3)105)86(140-95)70(112)59(110)45-100/h40,42,56-65,67-93,100-104,108-110,112-124H,6-39,41,43-52H2,1-5H3,(H,96,105)(H,97,106)(H,98,107)(H,99,111)(H,125,126)/b42-40+/t56-,57+,58?,59+,60?,61?,62?,63?,64?,65?,67+,68?,69?,70+,71-,72-,73-,74+,75+,76-,77-,78+,79?,80?,81?,82?,83+,84+,85+,86?,87-,88+,89-,90+,91-,92-,93-,95+/m0/s1. The van der Waals surface area contributed by atoms with Gasteiger partial charge in [-0.1, -0.05) is 231 Å². The monoisotopic (exact) mass is 2020 g/mol. The first-order valence-corrected chi connectivity index (χ1v) is 51.1. The van der Waals surface area contributed by atoms with E-state index in [2.05, 4.69) is 35.1 Å². The molecule has 38 atom stereocenters. The number of amides is 4. The van der Waals surface area contributed by atoms with E-state index < -0.39 is 321 Å². The topological polar surface area (TPSA) is 708 Å². The molecule has 0 spiro atoms. The molecule has 0 saturated carbocycles. The second-order valence-corrected chi connectivity index (χ2v) is 38.5. The minimum atomic E-state index is -3.06. The van der Waals surface area contributed by atoms with Crippen molar-refractivity contribution in [3.63, 3.8) is 0 Å². The number of unbranched alkanes of at least 4 members (excludes halogenated alkanes) is 33. The van der Waals surface area contributed by atoms with E-state index in [0.29, 0.717) is 12.8 Å². The van der Waals surface area contributed by atoms with Gasteiger partial charge in [-0.3, -0.25) is 19.2 Å². The molecule has 45 heteroatoms. The second-order valence-electron chi connectivity index (χ2n) is 38.5. The van der Waals surface area contributed by atoms with Crippen molar-refractivity contribution < 1.29 is 203 Å². The van der Waals surface area contributed by atoms with Crippen LogP contribution >= 0.6 is 0 Å². The van der Waals surface area contributed by atoms with Crippen molar-refractivity contribution in [1.82, 2.24) is 21.3 Å². The molecule has 7 saturated heterocycles. The zero-order valence-corrected chi connectivity index (χ0v) is 81.9. The molecular formula is C95H170N4O41. The molecule has 4 amide bonds. The van der Waals surface area contributed by atoms with Gasteiger partial charge in [-0.25, -0.2) is 4.79 Å². The van der Waals surface area contributed by atoms with Crippen molar-refractivity contribution in [3.8, 4) is 0 Å². The van der Waals surface area contributed by atoms with E-state index in [9.17, 15) is 136 Å². The minimum absolute atomic E-state index is 0.110. The summed E-state index contributed by atoms with van der Waals surface area (Å²) in [6.07, 6.45) is -24.4. The molecule has 0 bridgehead atoms. The van der Waals surface area contributed by atoms with Crippen LogP contribution in [0, 0.1) is 0 Å². The quantitative estimate of drug-likeness (QED) is 0.0228. The third kappa shape index (κ3) is 37.8. The van der Waals surface area contributed by atoms with Crippen molar-refractivity contribution >= 4 is 29.6 Å². The number of aliphatic hydroxyl groups excluding tert-OH is 21. The van der Waals surface area contributed by atoms with E-state index in [1.54, 1.807) is 6.08 Å². The normalized spacial score (nSPS) is 35.9. The van der Waals surface area contributed by atoms with Gasteiger partial charge in [-0.2, -0.15) is 0 Å².